The first-order valence-corrected chi connectivity index (χ1v) is 11.1. The van der Waals surface area contributed by atoms with E-state index in [0.29, 0.717) is 30.0 Å². The van der Waals surface area contributed by atoms with Crippen LogP contribution < -0.4 is 10.2 Å². The molecule has 0 aliphatic carbocycles. The van der Waals surface area contributed by atoms with E-state index in [1.165, 1.54) is 46.8 Å². The predicted molar refractivity (Wildman–Crippen MR) is 122 cm³/mol. The van der Waals surface area contributed by atoms with Crippen LogP contribution in [-0.2, 0) is 14.8 Å². The topological polar surface area (TPSA) is 113 Å². The lowest BCUT2D eigenvalue weighted by Gasteiger charge is -2.22. The van der Waals surface area contributed by atoms with Crippen molar-refractivity contribution in [3.05, 3.63) is 64.2 Å². The molecule has 0 radical (unpaired) electrons. The van der Waals surface area contributed by atoms with Crippen molar-refractivity contribution in [1.82, 2.24) is 4.31 Å². The minimum absolute atomic E-state index is 0.0771. The lowest BCUT2D eigenvalue weighted by Crippen LogP contribution is -2.30. The lowest BCUT2D eigenvalue weighted by atomic mass is 10.2. The minimum Gasteiger partial charge on any atom is -0.376 e. The summed E-state index contributed by atoms with van der Waals surface area (Å²) in [5, 5.41) is 13.6. The molecular weight excluding hydrogens is 420 g/mol. The van der Waals surface area contributed by atoms with Gasteiger partial charge in [0.25, 0.3) is 5.69 Å². The fourth-order valence-electron chi connectivity index (χ4n) is 2.97. The van der Waals surface area contributed by atoms with E-state index in [0.717, 1.165) is 0 Å². The van der Waals surface area contributed by atoms with Crippen LogP contribution >= 0.6 is 0 Å². The van der Waals surface area contributed by atoms with Crippen LogP contribution in [0.15, 0.2) is 53.4 Å². The number of amides is 1. The van der Waals surface area contributed by atoms with Gasteiger partial charge in [-0.2, -0.15) is 4.31 Å². The van der Waals surface area contributed by atoms with E-state index in [1.54, 1.807) is 45.0 Å². The molecule has 0 spiro atoms. The molecule has 0 saturated heterocycles. The Kier molecular flexibility index (Phi) is 7.89. The summed E-state index contributed by atoms with van der Waals surface area (Å²) in [6.45, 7) is 4.19. The van der Waals surface area contributed by atoms with Gasteiger partial charge in [0.05, 0.1) is 21.2 Å². The molecule has 0 aliphatic heterocycles. The second kappa shape index (κ2) is 10.2. The van der Waals surface area contributed by atoms with Crippen LogP contribution in [0.25, 0.3) is 6.08 Å². The summed E-state index contributed by atoms with van der Waals surface area (Å²) >= 11 is 0. The Morgan fingerprint density at radius 1 is 1.13 bits per heavy atom. The summed E-state index contributed by atoms with van der Waals surface area (Å²) in [7, 11) is -0.128. The molecule has 0 saturated carbocycles. The van der Waals surface area contributed by atoms with Crippen LogP contribution in [0.2, 0.25) is 0 Å². The summed E-state index contributed by atoms with van der Waals surface area (Å²) in [5.41, 5.74) is 1.39. The molecule has 0 bridgehead atoms. The standard InChI is InChI=1S/C21H26N4O5S/c1-5-24(6-2)31(29,30)18-11-12-20(23(3)4)19(15-18)22-21(26)13-10-16-8-7-9-17(14-16)25(27)28/h7-15H,5-6H2,1-4H3,(H,22,26). The summed E-state index contributed by atoms with van der Waals surface area (Å²) in [6, 6.07) is 10.5. The first-order chi connectivity index (χ1) is 14.6. The van der Waals surface area contributed by atoms with E-state index in [9.17, 15) is 23.3 Å². The van der Waals surface area contributed by atoms with Crippen molar-refractivity contribution in [3.8, 4) is 0 Å². The molecule has 1 amide bonds. The normalized spacial score (nSPS) is 11.6. The number of carbonyl (C=O) groups is 1. The third kappa shape index (κ3) is 5.89. The predicted octanol–water partition coefficient (Wildman–Crippen LogP) is 3.34. The number of sulfonamides is 1. The van der Waals surface area contributed by atoms with Crippen LogP contribution in [0.1, 0.15) is 19.4 Å². The van der Waals surface area contributed by atoms with Gasteiger partial charge in [0.15, 0.2) is 0 Å². The highest BCUT2D eigenvalue weighted by molar-refractivity contribution is 7.89. The van der Waals surface area contributed by atoms with Gasteiger partial charge in [0, 0.05) is 45.4 Å². The number of nitrogens with zero attached hydrogens (tertiary/aromatic N) is 3. The summed E-state index contributed by atoms with van der Waals surface area (Å²) in [5.74, 6) is -0.494. The molecule has 166 valence electrons. The zero-order valence-electron chi connectivity index (χ0n) is 17.9. The average molecular weight is 447 g/mol. The Morgan fingerprint density at radius 2 is 1.81 bits per heavy atom. The zero-order valence-corrected chi connectivity index (χ0v) is 18.7. The number of nitrogens with one attached hydrogen (secondary N) is 1. The van der Waals surface area contributed by atoms with E-state index in [-0.39, 0.29) is 10.6 Å². The second-order valence-electron chi connectivity index (χ2n) is 6.84. The molecule has 1 N–H and O–H groups in total. The molecule has 0 aromatic heterocycles. The van der Waals surface area contributed by atoms with Crippen molar-refractivity contribution in [3.63, 3.8) is 0 Å². The molecule has 9 nitrogen and oxygen atoms in total. The van der Waals surface area contributed by atoms with E-state index in [1.807, 2.05) is 0 Å². The van der Waals surface area contributed by atoms with Gasteiger partial charge in [0.1, 0.15) is 0 Å². The number of hydrogen-bond acceptors (Lipinski definition) is 6. The van der Waals surface area contributed by atoms with Gasteiger partial charge < -0.3 is 10.2 Å². The Hall–Kier alpha value is -3.24. The molecule has 2 aromatic carbocycles. The van der Waals surface area contributed by atoms with Crippen LogP contribution in [0.4, 0.5) is 17.1 Å². The van der Waals surface area contributed by atoms with Crippen LogP contribution in [0, 0.1) is 10.1 Å². The van der Waals surface area contributed by atoms with E-state index >= 15 is 0 Å². The molecule has 0 unspecified atom stereocenters. The maximum atomic E-state index is 12.8. The highest BCUT2D eigenvalue weighted by atomic mass is 32.2. The maximum Gasteiger partial charge on any atom is 0.270 e. The second-order valence-corrected chi connectivity index (χ2v) is 8.78. The third-order valence-electron chi connectivity index (χ3n) is 4.56. The molecule has 2 rings (SSSR count). The number of nitro groups is 1. The Balaban J connectivity index is 2.33. The number of hydrogen-bond donors (Lipinski definition) is 1. The SMILES string of the molecule is CCN(CC)S(=O)(=O)c1ccc(N(C)C)c(NC(=O)C=Cc2cccc([N+](=O)[O-])c2)c1. The van der Waals surface area contributed by atoms with Gasteiger partial charge in [-0.1, -0.05) is 26.0 Å². The molecule has 0 heterocycles. The minimum atomic E-state index is -3.69. The number of nitro benzene ring substituents is 1. The van der Waals surface area contributed by atoms with Crippen LogP contribution in [-0.4, -0.2) is 50.7 Å². The first-order valence-electron chi connectivity index (χ1n) is 9.65. The fraction of sp³-hybridized carbons (Fsp3) is 0.286. The number of carbonyl (C=O) groups excluding carboxylic acids is 1. The molecule has 0 fully saturated rings. The highest BCUT2D eigenvalue weighted by Crippen LogP contribution is 2.29. The fourth-order valence-corrected chi connectivity index (χ4v) is 4.45. The Bertz CT molecular complexity index is 1090. The Labute approximate surface area is 182 Å². The summed E-state index contributed by atoms with van der Waals surface area (Å²) < 4.78 is 27.0. The van der Waals surface area contributed by atoms with Gasteiger partial charge >= 0.3 is 0 Å². The van der Waals surface area contributed by atoms with Crippen molar-refractivity contribution in [1.29, 1.82) is 0 Å². The van der Waals surface area contributed by atoms with E-state index < -0.39 is 20.9 Å². The monoisotopic (exact) mass is 446 g/mol. The molecule has 31 heavy (non-hydrogen) atoms. The van der Waals surface area contributed by atoms with Crippen LogP contribution in [0.3, 0.4) is 0 Å². The smallest absolute Gasteiger partial charge is 0.270 e. The number of non-ortho nitro benzene ring substituents is 1. The molecular formula is C21H26N4O5S. The van der Waals surface area contributed by atoms with Crippen molar-refractivity contribution in [2.45, 2.75) is 18.7 Å². The van der Waals surface area contributed by atoms with Crippen molar-refractivity contribution in [2.75, 3.05) is 37.4 Å². The van der Waals surface area contributed by atoms with Gasteiger partial charge in [-0.3, -0.25) is 14.9 Å². The molecule has 2 aromatic rings. The number of anilines is 2. The van der Waals surface area contributed by atoms with Gasteiger partial charge in [-0.25, -0.2) is 8.42 Å². The highest BCUT2D eigenvalue weighted by Gasteiger charge is 2.23. The van der Waals surface area contributed by atoms with Crippen molar-refractivity contribution >= 4 is 39.1 Å². The molecule has 0 atom stereocenters. The third-order valence-corrected chi connectivity index (χ3v) is 6.60. The average Bonchev–Trinajstić information content (AvgIpc) is 2.73. The summed E-state index contributed by atoms with van der Waals surface area (Å²) in [4.78, 5) is 24.7. The quantitative estimate of drug-likeness (QED) is 0.359. The maximum absolute atomic E-state index is 12.8. The van der Waals surface area contributed by atoms with Gasteiger partial charge in [0.2, 0.25) is 15.9 Å². The van der Waals surface area contributed by atoms with Crippen molar-refractivity contribution < 1.29 is 18.1 Å². The van der Waals surface area contributed by atoms with Crippen LogP contribution in [0.5, 0.6) is 0 Å². The Morgan fingerprint density at radius 3 is 2.39 bits per heavy atom. The van der Waals surface area contributed by atoms with E-state index in [2.05, 4.69) is 5.32 Å². The first kappa shape index (κ1) is 24.0. The van der Waals surface area contributed by atoms with Crippen molar-refractivity contribution in [2.24, 2.45) is 0 Å². The zero-order chi connectivity index (χ0) is 23.2. The number of rotatable bonds is 9. The lowest BCUT2D eigenvalue weighted by molar-refractivity contribution is -0.384. The van der Waals surface area contributed by atoms with Gasteiger partial charge in [-0.15, -0.1) is 0 Å². The largest absolute Gasteiger partial charge is 0.376 e. The summed E-state index contributed by atoms with van der Waals surface area (Å²) in [6.07, 6.45) is 2.69. The van der Waals surface area contributed by atoms with Gasteiger partial charge in [-0.05, 0) is 29.8 Å². The van der Waals surface area contributed by atoms with E-state index in [4.69, 9.17) is 0 Å². The number of benzene rings is 2. The molecule has 10 heteroatoms. The molecule has 0 aliphatic rings.